The highest BCUT2D eigenvalue weighted by molar-refractivity contribution is 6.19. The molecule has 0 atom stereocenters. The topological polar surface area (TPSA) is 101 Å². The van der Waals surface area contributed by atoms with Crippen LogP contribution in [0.5, 0.6) is 0 Å². The molecule has 1 fully saturated rings. The maximum atomic E-state index is 13.6. The Kier molecular flexibility index (Phi) is 7.22. The van der Waals surface area contributed by atoms with Crippen molar-refractivity contribution in [1.82, 2.24) is 14.5 Å². The summed E-state index contributed by atoms with van der Waals surface area (Å²) in [4.78, 5) is 48.3. The average molecular weight is 568 g/mol. The number of amides is 2. The van der Waals surface area contributed by atoms with E-state index in [1.807, 2.05) is 49.1 Å². The van der Waals surface area contributed by atoms with Crippen LogP contribution in [0.2, 0.25) is 0 Å². The first-order chi connectivity index (χ1) is 20.1. The number of carbonyl (C=O) groups excluding carboxylic acids is 2. The molecule has 2 aliphatic rings. The van der Waals surface area contributed by atoms with Gasteiger partial charge >= 0.3 is 0 Å². The predicted octanol–water partition coefficient (Wildman–Crippen LogP) is 5.03. The zero-order valence-electron chi connectivity index (χ0n) is 24.6. The summed E-state index contributed by atoms with van der Waals surface area (Å²) in [6, 6.07) is 13.6. The third-order valence-corrected chi connectivity index (χ3v) is 8.44. The molecule has 1 N–H and O–H groups in total. The fourth-order valence-electron chi connectivity index (χ4n) is 5.59. The van der Waals surface area contributed by atoms with Crippen LogP contribution in [-0.2, 0) is 29.2 Å². The lowest BCUT2D eigenvalue weighted by Crippen LogP contribution is -2.45. The number of hydrogen-bond donors (Lipinski definition) is 1. The van der Waals surface area contributed by atoms with Crippen LogP contribution >= 0.6 is 0 Å². The van der Waals surface area contributed by atoms with Crippen molar-refractivity contribution >= 4 is 34.2 Å². The molecule has 1 aromatic carbocycles. The Bertz CT molecular complexity index is 1730. The molecular weight excluding hydrogens is 530 g/mol. The monoisotopic (exact) mass is 567 g/mol. The molecule has 6 rings (SSSR count). The molecule has 218 valence electrons. The Hall–Kier alpha value is -4.24. The van der Waals surface area contributed by atoms with Crippen LogP contribution in [0.25, 0.3) is 11.0 Å². The Labute approximate surface area is 245 Å². The van der Waals surface area contributed by atoms with E-state index in [4.69, 9.17) is 4.42 Å². The second-order valence-electron chi connectivity index (χ2n) is 12.2. The number of fused-ring (bicyclic) bond motifs is 2. The van der Waals surface area contributed by atoms with Crippen LogP contribution in [0.15, 0.2) is 64.1 Å². The van der Waals surface area contributed by atoms with Crippen LogP contribution in [-0.4, -0.2) is 39.4 Å². The number of nitrogens with zero attached hydrogens (tertiary/aromatic N) is 4. The molecule has 4 aromatic rings. The second-order valence-corrected chi connectivity index (χ2v) is 12.2. The zero-order valence-corrected chi connectivity index (χ0v) is 24.6. The molecule has 1 aliphatic heterocycles. The zero-order chi connectivity index (χ0) is 29.6. The van der Waals surface area contributed by atoms with Crippen LogP contribution in [0.4, 0.5) is 11.4 Å². The predicted molar refractivity (Wildman–Crippen MR) is 162 cm³/mol. The largest absolute Gasteiger partial charge is 0.461 e. The van der Waals surface area contributed by atoms with E-state index in [-0.39, 0.29) is 17.4 Å². The fourth-order valence-corrected chi connectivity index (χ4v) is 5.59. The molecule has 9 heteroatoms. The van der Waals surface area contributed by atoms with E-state index < -0.39 is 5.41 Å². The summed E-state index contributed by atoms with van der Waals surface area (Å²) in [7, 11) is 0. The lowest BCUT2D eigenvalue weighted by Gasteiger charge is -2.29. The van der Waals surface area contributed by atoms with Crippen molar-refractivity contribution in [3.8, 4) is 0 Å². The highest BCUT2D eigenvalue weighted by Crippen LogP contribution is 2.40. The Balaban J connectivity index is 1.30. The Morgan fingerprint density at radius 1 is 1.07 bits per heavy atom. The summed E-state index contributed by atoms with van der Waals surface area (Å²) in [5.41, 5.74) is 3.88. The van der Waals surface area contributed by atoms with E-state index in [1.54, 1.807) is 36.9 Å². The normalized spacial score (nSPS) is 16.5. The van der Waals surface area contributed by atoms with E-state index in [9.17, 15) is 14.4 Å². The molecule has 0 saturated heterocycles. The lowest BCUT2D eigenvalue weighted by molar-refractivity contribution is -0.136. The van der Waals surface area contributed by atoms with E-state index in [0.717, 1.165) is 35.3 Å². The highest BCUT2D eigenvalue weighted by atomic mass is 16.3. The molecule has 0 spiro atoms. The van der Waals surface area contributed by atoms with Crippen molar-refractivity contribution in [2.75, 3.05) is 23.3 Å². The van der Waals surface area contributed by atoms with Crippen molar-refractivity contribution in [3.63, 3.8) is 0 Å². The third kappa shape index (κ3) is 5.48. The van der Waals surface area contributed by atoms with Gasteiger partial charge in [-0.3, -0.25) is 24.3 Å². The van der Waals surface area contributed by atoms with Gasteiger partial charge in [0.25, 0.3) is 5.56 Å². The minimum Gasteiger partial charge on any atom is -0.461 e. The number of aryl methyl sites for hydroxylation is 2. The van der Waals surface area contributed by atoms with Gasteiger partial charge in [-0.1, -0.05) is 12.1 Å². The van der Waals surface area contributed by atoms with Crippen LogP contribution in [0.1, 0.15) is 49.3 Å². The number of anilines is 2. The molecule has 0 radical (unpaired) electrons. The Morgan fingerprint density at radius 2 is 1.88 bits per heavy atom. The minimum atomic E-state index is -1.15. The number of aromatic nitrogens is 2. The van der Waals surface area contributed by atoms with Crippen molar-refractivity contribution in [2.24, 2.45) is 11.3 Å². The molecule has 9 nitrogen and oxygen atoms in total. The first kappa shape index (κ1) is 27.9. The quantitative estimate of drug-likeness (QED) is 0.285. The van der Waals surface area contributed by atoms with Crippen molar-refractivity contribution in [2.45, 2.75) is 60.2 Å². The average Bonchev–Trinajstić information content (AvgIpc) is 3.71. The molecule has 0 unspecified atom stereocenters. The molecular formula is C33H37N5O4. The minimum absolute atomic E-state index is 0.0699. The molecule has 42 heavy (non-hydrogen) atoms. The van der Waals surface area contributed by atoms with Gasteiger partial charge in [0.1, 0.15) is 16.8 Å². The summed E-state index contributed by atoms with van der Waals surface area (Å²) in [5, 5.41) is 3.58. The molecule has 4 heterocycles. The van der Waals surface area contributed by atoms with Gasteiger partial charge in [-0.2, -0.15) is 0 Å². The number of rotatable bonds is 9. The van der Waals surface area contributed by atoms with Crippen LogP contribution in [0.3, 0.4) is 0 Å². The van der Waals surface area contributed by atoms with E-state index in [2.05, 4.69) is 21.3 Å². The SMILES string of the molecule is Cc1cc2c(=O)n(CCN(Cc3ccc4c(c3)N(CC3CC3)C(=O)C(C)(C)C(=O)N4)Cc3cccnc3C)ccc2o1. The number of carbonyl (C=O) groups is 2. The van der Waals surface area contributed by atoms with Gasteiger partial charge in [0.15, 0.2) is 0 Å². The van der Waals surface area contributed by atoms with E-state index in [0.29, 0.717) is 61.1 Å². The molecule has 0 bridgehead atoms. The molecule has 1 aliphatic carbocycles. The van der Waals surface area contributed by atoms with E-state index in [1.165, 1.54) is 0 Å². The maximum Gasteiger partial charge on any atom is 0.261 e. The standard InChI is InChI=1S/C33H37N5O4/c1-21-16-26-29(42-21)11-13-37(30(26)39)15-14-36(20-25-6-5-12-34-22(25)2)18-24-9-10-27-28(17-24)38(19-23-7-8-23)32(41)33(3,4)31(40)35-27/h5-6,9-13,16-17,23H,7-8,14-15,18-20H2,1-4H3,(H,35,40). The smallest absolute Gasteiger partial charge is 0.261 e. The molecule has 1 saturated carbocycles. The first-order valence-electron chi connectivity index (χ1n) is 14.6. The van der Waals surface area contributed by atoms with Gasteiger partial charge in [-0.25, -0.2) is 0 Å². The van der Waals surface area contributed by atoms with Gasteiger partial charge in [0.2, 0.25) is 11.8 Å². The molecule has 2 amide bonds. The summed E-state index contributed by atoms with van der Waals surface area (Å²) in [6.07, 6.45) is 5.78. The number of pyridine rings is 2. The third-order valence-electron chi connectivity index (χ3n) is 8.44. The number of nitrogens with one attached hydrogen (secondary N) is 1. The summed E-state index contributed by atoms with van der Waals surface area (Å²) in [6.45, 7) is 10.2. The maximum absolute atomic E-state index is 13.6. The summed E-state index contributed by atoms with van der Waals surface area (Å²) < 4.78 is 7.36. The van der Waals surface area contributed by atoms with Crippen molar-refractivity contribution in [1.29, 1.82) is 0 Å². The van der Waals surface area contributed by atoms with Gasteiger partial charge < -0.3 is 19.2 Å². The first-order valence-corrected chi connectivity index (χ1v) is 14.6. The lowest BCUT2D eigenvalue weighted by atomic mass is 9.90. The molecule has 3 aromatic heterocycles. The van der Waals surface area contributed by atoms with Gasteiger partial charge in [0.05, 0.1) is 16.8 Å². The van der Waals surface area contributed by atoms with Gasteiger partial charge in [-0.15, -0.1) is 0 Å². The summed E-state index contributed by atoms with van der Waals surface area (Å²) >= 11 is 0. The van der Waals surface area contributed by atoms with Crippen LogP contribution < -0.4 is 15.8 Å². The van der Waals surface area contributed by atoms with Gasteiger partial charge in [-0.05, 0) is 87.9 Å². The summed E-state index contributed by atoms with van der Waals surface area (Å²) in [5.74, 6) is 0.721. The number of furan rings is 1. The van der Waals surface area contributed by atoms with Gasteiger partial charge in [0, 0.05) is 50.8 Å². The fraction of sp³-hybridized carbons (Fsp3) is 0.394. The second kappa shape index (κ2) is 10.9. The van der Waals surface area contributed by atoms with E-state index >= 15 is 0 Å². The van der Waals surface area contributed by atoms with Crippen molar-refractivity contribution < 1.29 is 14.0 Å². The highest BCUT2D eigenvalue weighted by Gasteiger charge is 2.44. The number of benzene rings is 1. The van der Waals surface area contributed by atoms with Crippen molar-refractivity contribution in [3.05, 3.63) is 87.8 Å². The Morgan fingerprint density at radius 3 is 2.64 bits per heavy atom. The van der Waals surface area contributed by atoms with Crippen LogP contribution in [0, 0.1) is 25.2 Å². The number of hydrogen-bond acceptors (Lipinski definition) is 6.